The number of pyridine rings is 1. The third-order valence-corrected chi connectivity index (χ3v) is 11.6. The molecule has 0 aliphatic carbocycles. The van der Waals surface area contributed by atoms with Crippen molar-refractivity contribution < 1.29 is 0 Å². The molecule has 4 aromatic heterocycles. The van der Waals surface area contributed by atoms with Gasteiger partial charge in [-0.05, 0) is 64.7 Å². The molecule has 0 N–H and O–H groups in total. The van der Waals surface area contributed by atoms with Crippen molar-refractivity contribution in [2.75, 3.05) is 0 Å². The van der Waals surface area contributed by atoms with E-state index in [1.165, 1.54) is 75.0 Å². The summed E-state index contributed by atoms with van der Waals surface area (Å²) in [6.45, 7) is 0. The van der Waals surface area contributed by atoms with Crippen molar-refractivity contribution in [1.29, 1.82) is 0 Å². The fraction of sp³-hybridized carbons (Fsp3) is 0. The van der Waals surface area contributed by atoms with Crippen molar-refractivity contribution in [2.24, 2.45) is 0 Å². The summed E-state index contributed by atoms with van der Waals surface area (Å²) < 4.78 is 7.22. The standard InChI is InChI=1S/C47H29N3S/c1-2-10-30(11-3-1)31-17-19-32(20-18-31)34-23-26-41-39(28-34)44-45-38-14-6-7-15-42(38)51-47(45)37-13-5-4-12-36(37)46(44)50(41)35-24-21-33(22-25-35)40-29-49-27-9-8-16-43(49)48-40/h1-29H. The van der Waals surface area contributed by atoms with E-state index in [0.717, 1.165) is 22.6 Å². The molecule has 238 valence electrons. The van der Waals surface area contributed by atoms with Crippen molar-refractivity contribution in [2.45, 2.75) is 0 Å². The number of hydrogen-bond acceptors (Lipinski definition) is 2. The molecule has 11 aromatic rings. The van der Waals surface area contributed by atoms with Crippen molar-refractivity contribution in [1.82, 2.24) is 14.0 Å². The van der Waals surface area contributed by atoms with Crippen LogP contribution in [-0.2, 0) is 0 Å². The number of aromatic nitrogens is 3. The van der Waals surface area contributed by atoms with Crippen molar-refractivity contribution in [3.8, 4) is 39.2 Å². The van der Waals surface area contributed by atoms with Crippen molar-refractivity contribution in [3.05, 3.63) is 176 Å². The van der Waals surface area contributed by atoms with Gasteiger partial charge >= 0.3 is 0 Å². The molecule has 0 aliphatic rings. The summed E-state index contributed by atoms with van der Waals surface area (Å²) in [6.07, 6.45) is 4.15. The van der Waals surface area contributed by atoms with E-state index in [-0.39, 0.29) is 0 Å². The minimum absolute atomic E-state index is 0.947. The van der Waals surface area contributed by atoms with E-state index in [1.807, 2.05) is 35.7 Å². The fourth-order valence-electron chi connectivity index (χ4n) is 7.96. The van der Waals surface area contributed by atoms with Gasteiger partial charge in [0.05, 0.1) is 16.7 Å². The highest BCUT2D eigenvalue weighted by Crippen LogP contribution is 2.48. The van der Waals surface area contributed by atoms with Crippen LogP contribution in [0.15, 0.2) is 176 Å². The molecule has 0 fully saturated rings. The van der Waals surface area contributed by atoms with Crippen LogP contribution in [0.25, 0.3) is 97.6 Å². The third-order valence-electron chi connectivity index (χ3n) is 10.4. The van der Waals surface area contributed by atoms with Gasteiger partial charge in [-0.25, -0.2) is 4.98 Å². The minimum Gasteiger partial charge on any atom is -0.309 e. The first-order valence-corrected chi connectivity index (χ1v) is 18.1. The molecule has 0 unspecified atom stereocenters. The van der Waals surface area contributed by atoms with Gasteiger partial charge in [0.2, 0.25) is 0 Å². The molecule has 0 spiro atoms. The van der Waals surface area contributed by atoms with Gasteiger partial charge in [0.15, 0.2) is 0 Å². The molecule has 11 rings (SSSR count). The van der Waals surface area contributed by atoms with E-state index >= 15 is 0 Å². The Labute approximate surface area is 297 Å². The Kier molecular flexibility index (Phi) is 6.12. The molecule has 3 nitrogen and oxygen atoms in total. The van der Waals surface area contributed by atoms with Crippen molar-refractivity contribution >= 4 is 69.7 Å². The first kappa shape index (κ1) is 28.4. The molecule has 0 radical (unpaired) electrons. The highest BCUT2D eigenvalue weighted by molar-refractivity contribution is 7.27. The van der Waals surface area contributed by atoms with Crippen LogP contribution in [-0.4, -0.2) is 14.0 Å². The van der Waals surface area contributed by atoms with Gasteiger partial charge in [0.1, 0.15) is 5.65 Å². The summed E-state index contributed by atoms with van der Waals surface area (Å²) in [5, 5.41) is 7.78. The highest BCUT2D eigenvalue weighted by atomic mass is 32.1. The second-order valence-electron chi connectivity index (χ2n) is 13.2. The lowest BCUT2D eigenvalue weighted by Gasteiger charge is -2.11. The quantitative estimate of drug-likeness (QED) is 0.183. The molecule has 0 aliphatic heterocycles. The van der Waals surface area contributed by atoms with Gasteiger partial charge in [-0.3, -0.25) is 0 Å². The van der Waals surface area contributed by atoms with E-state index < -0.39 is 0 Å². The zero-order valence-electron chi connectivity index (χ0n) is 27.5. The van der Waals surface area contributed by atoms with E-state index in [9.17, 15) is 0 Å². The zero-order chi connectivity index (χ0) is 33.5. The van der Waals surface area contributed by atoms with Crippen molar-refractivity contribution in [3.63, 3.8) is 0 Å². The highest BCUT2D eigenvalue weighted by Gasteiger charge is 2.22. The number of benzene rings is 7. The molecular formula is C47H29N3S. The van der Waals surface area contributed by atoms with E-state index in [4.69, 9.17) is 4.98 Å². The maximum Gasteiger partial charge on any atom is 0.137 e. The topological polar surface area (TPSA) is 22.2 Å². The molecular weight excluding hydrogens is 639 g/mol. The Morgan fingerprint density at radius 2 is 1.12 bits per heavy atom. The second-order valence-corrected chi connectivity index (χ2v) is 14.3. The Balaban J connectivity index is 1.18. The summed E-state index contributed by atoms with van der Waals surface area (Å²) in [6, 6.07) is 59.4. The predicted octanol–water partition coefficient (Wildman–Crippen LogP) is 13.0. The first-order chi connectivity index (χ1) is 25.3. The smallest absolute Gasteiger partial charge is 0.137 e. The van der Waals surface area contributed by atoms with Crippen LogP contribution in [0.2, 0.25) is 0 Å². The zero-order valence-corrected chi connectivity index (χ0v) is 28.3. The SMILES string of the molecule is c1ccc(-c2ccc(-c3ccc4c(c3)c3c5c6ccccc6sc5c5ccccc5c3n4-c3ccc(-c4cn5ccccc5n4)cc3)cc2)cc1. The van der Waals surface area contributed by atoms with Crippen LogP contribution in [0.1, 0.15) is 0 Å². The Hall–Kier alpha value is -6.49. The third kappa shape index (κ3) is 4.33. The number of nitrogens with zero attached hydrogens (tertiary/aromatic N) is 3. The van der Waals surface area contributed by atoms with Crippen LogP contribution >= 0.6 is 11.3 Å². The maximum absolute atomic E-state index is 4.89. The number of hydrogen-bond donors (Lipinski definition) is 0. The van der Waals surface area contributed by atoms with Gasteiger partial charge in [0.25, 0.3) is 0 Å². The molecule has 0 saturated heterocycles. The van der Waals surface area contributed by atoms with Crippen LogP contribution in [0.5, 0.6) is 0 Å². The largest absolute Gasteiger partial charge is 0.309 e. The van der Waals surface area contributed by atoms with Crippen LogP contribution in [0.4, 0.5) is 0 Å². The fourth-order valence-corrected chi connectivity index (χ4v) is 9.21. The molecule has 7 aromatic carbocycles. The summed E-state index contributed by atoms with van der Waals surface area (Å²) in [7, 11) is 0. The molecule has 0 amide bonds. The predicted molar refractivity (Wildman–Crippen MR) is 216 cm³/mol. The Morgan fingerprint density at radius 3 is 1.92 bits per heavy atom. The van der Waals surface area contributed by atoms with Gasteiger partial charge < -0.3 is 8.97 Å². The van der Waals surface area contributed by atoms with E-state index in [2.05, 4.69) is 161 Å². The van der Waals surface area contributed by atoms with Gasteiger partial charge in [-0.1, -0.05) is 121 Å². The molecule has 0 saturated carbocycles. The summed E-state index contributed by atoms with van der Waals surface area (Å²) >= 11 is 1.90. The average Bonchev–Trinajstić information content (AvgIpc) is 3.91. The van der Waals surface area contributed by atoms with Gasteiger partial charge in [-0.2, -0.15) is 0 Å². The summed E-state index contributed by atoms with van der Waals surface area (Å²) in [4.78, 5) is 4.89. The normalized spacial score (nSPS) is 11.9. The lowest BCUT2D eigenvalue weighted by molar-refractivity contribution is 1.18. The Morgan fingerprint density at radius 1 is 0.471 bits per heavy atom. The Bertz CT molecular complexity index is 3080. The van der Waals surface area contributed by atoms with Gasteiger partial charge in [-0.15, -0.1) is 11.3 Å². The van der Waals surface area contributed by atoms with Crippen LogP contribution in [0.3, 0.4) is 0 Å². The molecule has 0 bridgehead atoms. The number of fused-ring (bicyclic) bond motifs is 11. The average molecular weight is 668 g/mol. The first-order valence-electron chi connectivity index (χ1n) is 17.3. The number of thiophene rings is 1. The van der Waals surface area contributed by atoms with Crippen LogP contribution < -0.4 is 0 Å². The van der Waals surface area contributed by atoms with E-state index in [0.29, 0.717) is 0 Å². The van der Waals surface area contributed by atoms with E-state index in [1.54, 1.807) is 0 Å². The van der Waals surface area contributed by atoms with Crippen LogP contribution in [0, 0.1) is 0 Å². The number of rotatable bonds is 4. The van der Waals surface area contributed by atoms with Gasteiger partial charge in [0, 0.05) is 65.4 Å². The summed E-state index contributed by atoms with van der Waals surface area (Å²) in [5.74, 6) is 0. The molecule has 4 heteroatoms. The maximum atomic E-state index is 4.89. The monoisotopic (exact) mass is 667 g/mol. The number of imidazole rings is 1. The minimum atomic E-state index is 0.947. The molecule has 4 heterocycles. The lowest BCUT2D eigenvalue weighted by Crippen LogP contribution is -1.95. The molecule has 0 atom stereocenters. The second kappa shape index (κ2) is 11.0. The summed E-state index contributed by atoms with van der Waals surface area (Å²) in [5.41, 5.74) is 11.5. The molecule has 51 heavy (non-hydrogen) atoms. The lowest BCUT2D eigenvalue weighted by atomic mass is 9.97.